The Morgan fingerprint density at radius 2 is 2.23 bits per heavy atom. The lowest BCUT2D eigenvalue weighted by atomic mass is 10.2. The van der Waals surface area contributed by atoms with E-state index in [-0.39, 0.29) is 24.6 Å². The van der Waals surface area contributed by atoms with Crippen molar-refractivity contribution in [1.82, 2.24) is 19.7 Å². The molecule has 2 amide bonds. The lowest BCUT2D eigenvalue weighted by molar-refractivity contribution is -0.0183. The van der Waals surface area contributed by atoms with Gasteiger partial charge in [0.1, 0.15) is 11.7 Å². The molecular formula is C11H12N4O6S. The van der Waals surface area contributed by atoms with Gasteiger partial charge in [-0.3, -0.25) is 9.35 Å². The van der Waals surface area contributed by atoms with Crippen molar-refractivity contribution in [1.29, 1.82) is 0 Å². The summed E-state index contributed by atoms with van der Waals surface area (Å²) in [6.07, 6.45) is 3.18. The minimum absolute atomic E-state index is 0.180. The molecule has 2 bridgehead atoms. The van der Waals surface area contributed by atoms with Crippen molar-refractivity contribution in [3.05, 3.63) is 24.0 Å². The number of ketones is 1. The van der Waals surface area contributed by atoms with Gasteiger partial charge in [-0.05, 0) is 12.1 Å². The standard InChI is InChI=1S/C11H12N4O6S/c1-7(16)10-2-3-14(12-10)8-4-9-6-13(5-8)11(17)15(9)21-22(18,19)20/h2-4,9H,5-6H2,1H3,(H,18,19,20). The lowest BCUT2D eigenvalue weighted by Crippen LogP contribution is -2.35. The van der Waals surface area contributed by atoms with Crippen molar-refractivity contribution in [2.75, 3.05) is 13.1 Å². The zero-order valence-electron chi connectivity index (χ0n) is 11.4. The minimum Gasteiger partial charge on any atom is -0.314 e. The van der Waals surface area contributed by atoms with Crippen molar-refractivity contribution in [2.24, 2.45) is 0 Å². The number of hydrogen-bond donors (Lipinski definition) is 1. The molecule has 118 valence electrons. The van der Waals surface area contributed by atoms with Crippen LogP contribution in [0.25, 0.3) is 5.70 Å². The van der Waals surface area contributed by atoms with Crippen LogP contribution in [-0.4, -0.2) is 63.7 Å². The van der Waals surface area contributed by atoms with Crippen LogP contribution >= 0.6 is 0 Å². The molecule has 0 saturated carbocycles. The van der Waals surface area contributed by atoms with Crippen molar-refractivity contribution in [3.63, 3.8) is 0 Å². The van der Waals surface area contributed by atoms with Crippen LogP contribution in [0.4, 0.5) is 4.79 Å². The fraction of sp³-hybridized carbons (Fsp3) is 0.364. The highest BCUT2D eigenvalue weighted by Gasteiger charge is 2.43. The van der Waals surface area contributed by atoms with E-state index in [2.05, 4.69) is 9.38 Å². The number of aromatic nitrogens is 2. The monoisotopic (exact) mass is 328 g/mol. The third kappa shape index (κ3) is 2.61. The summed E-state index contributed by atoms with van der Waals surface area (Å²) in [6.45, 7) is 1.80. The van der Waals surface area contributed by atoms with E-state index in [0.717, 1.165) is 0 Å². The summed E-state index contributed by atoms with van der Waals surface area (Å²) in [5.41, 5.74) is 0.879. The quantitative estimate of drug-likeness (QED) is 0.599. The van der Waals surface area contributed by atoms with Gasteiger partial charge in [0.15, 0.2) is 5.78 Å². The van der Waals surface area contributed by atoms with Crippen molar-refractivity contribution in [3.8, 4) is 0 Å². The molecule has 2 aliphatic rings. The highest BCUT2D eigenvalue weighted by Crippen LogP contribution is 2.27. The van der Waals surface area contributed by atoms with E-state index >= 15 is 0 Å². The molecule has 1 N–H and O–H groups in total. The Kier molecular flexibility index (Phi) is 3.27. The fourth-order valence-electron chi connectivity index (χ4n) is 2.39. The van der Waals surface area contributed by atoms with Crippen LogP contribution in [0, 0.1) is 0 Å². The average molecular weight is 328 g/mol. The molecule has 1 aromatic heterocycles. The number of carbonyl (C=O) groups excluding carboxylic acids is 2. The molecule has 1 aromatic rings. The Morgan fingerprint density at radius 1 is 1.50 bits per heavy atom. The maximum atomic E-state index is 12.0. The van der Waals surface area contributed by atoms with Crippen molar-refractivity contribution >= 4 is 27.9 Å². The summed E-state index contributed by atoms with van der Waals surface area (Å²) in [5, 5.41) is 4.68. The number of amides is 2. The molecular weight excluding hydrogens is 316 g/mol. The van der Waals surface area contributed by atoms with Gasteiger partial charge in [-0.15, -0.1) is 4.28 Å². The SMILES string of the molecule is CC(=O)c1ccn(C2=CC3CN(C2)C(=O)N3OS(=O)(=O)O)n1. The topological polar surface area (TPSA) is 122 Å². The molecule has 1 atom stereocenters. The first-order valence-electron chi connectivity index (χ1n) is 6.27. The molecule has 10 nitrogen and oxygen atoms in total. The van der Waals surface area contributed by atoms with Crippen molar-refractivity contribution < 1.29 is 26.8 Å². The van der Waals surface area contributed by atoms with E-state index in [9.17, 15) is 18.0 Å². The first-order valence-corrected chi connectivity index (χ1v) is 7.64. The highest BCUT2D eigenvalue weighted by molar-refractivity contribution is 7.80. The van der Waals surface area contributed by atoms with Crippen LogP contribution in [0.5, 0.6) is 0 Å². The Balaban J connectivity index is 1.89. The molecule has 11 heteroatoms. The van der Waals surface area contributed by atoms with Gasteiger partial charge >= 0.3 is 16.4 Å². The van der Waals surface area contributed by atoms with Crippen LogP contribution in [0.1, 0.15) is 17.4 Å². The van der Waals surface area contributed by atoms with Gasteiger partial charge in [0.05, 0.1) is 12.2 Å². The number of urea groups is 1. The first kappa shape index (κ1) is 14.7. The van der Waals surface area contributed by atoms with Gasteiger partial charge in [-0.1, -0.05) is 0 Å². The molecule has 1 fully saturated rings. The van der Waals surface area contributed by atoms with Gasteiger partial charge in [0.25, 0.3) is 0 Å². The second-order valence-electron chi connectivity index (χ2n) is 4.92. The maximum Gasteiger partial charge on any atom is 0.418 e. The molecule has 0 aliphatic carbocycles. The number of hydrogen-bond acceptors (Lipinski definition) is 6. The number of rotatable bonds is 4. The van der Waals surface area contributed by atoms with Gasteiger partial charge in [0, 0.05) is 19.7 Å². The number of Topliss-reactive ketones (excluding diaryl/α,β-unsaturated/α-hetero) is 1. The van der Waals surface area contributed by atoms with Gasteiger partial charge in [0.2, 0.25) is 0 Å². The van der Waals surface area contributed by atoms with Gasteiger partial charge in [-0.2, -0.15) is 18.6 Å². The zero-order chi connectivity index (χ0) is 16.1. The van der Waals surface area contributed by atoms with E-state index in [1.54, 1.807) is 18.3 Å². The van der Waals surface area contributed by atoms with E-state index in [1.165, 1.54) is 16.5 Å². The summed E-state index contributed by atoms with van der Waals surface area (Å²) >= 11 is 0. The van der Waals surface area contributed by atoms with Crippen LogP contribution in [0.3, 0.4) is 0 Å². The fourth-order valence-corrected chi connectivity index (χ4v) is 2.77. The van der Waals surface area contributed by atoms with Crippen molar-refractivity contribution in [2.45, 2.75) is 13.0 Å². The second kappa shape index (κ2) is 4.90. The third-order valence-corrected chi connectivity index (χ3v) is 3.67. The number of nitrogens with zero attached hydrogens (tertiary/aromatic N) is 4. The zero-order valence-corrected chi connectivity index (χ0v) is 12.2. The minimum atomic E-state index is -4.79. The lowest BCUT2D eigenvalue weighted by Gasteiger charge is -2.20. The normalized spacial score (nSPS) is 21.3. The van der Waals surface area contributed by atoms with Crippen LogP contribution in [0.15, 0.2) is 18.3 Å². The smallest absolute Gasteiger partial charge is 0.314 e. The predicted molar refractivity (Wildman–Crippen MR) is 71.7 cm³/mol. The summed E-state index contributed by atoms with van der Waals surface area (Å²) < 4.78 is 36.1. The maximum absolute atomic E-state index is 12.0. The summed E-state index contributed by atoms with van der Waals surface area (Å²) in [4.78, 5) is 24.6. The van der Waals surface area contributed by atoms with E-state index in [1.807, 2.05) is 0 Å². The molecule has 2 aliphatic heterocycles. The second-order valence-corrected chi connectivity index (χ2v) is 5.92. The number of fused-ring (bicyclic) bond motifs is 2. The van der Waals surface area contributed by atoms with Crippen LogP contribution in [-0.2, 0) is 14.7 Å². The Labute approximate surface area is 125 Å². The Morgan fingerprint density at radius 3 is 2.82 bits per heavy atom. The molecule has 1 saturated heterocycles. The van der Waals surface area contributed by atoms with Crippen LogP contribution in [0.2, 0.25) is 0 Å². The third-order valence-electron chi connectivity index (χ3n) is 3.32. The number of carbonyl (C=O) groups is 2. The molecule has 0 radical (unpaired) electrons. The number of hydroxylamine groups is 2. The van der Waals surface area contributed by atoms with E-state index < -0.39 is 22.5 Å². The largest absolute Gasteiger partial charge is 0.418 e. The van der Waals surface area contributed by atoms with E-state index in [0.29, 0.717) is 10.8 Å². The Hall–Kier alpha value is -2.24. The molecule has 0 spiro atoms. The Bertz CT molecular complexity index is 782. The molecule has 22 heavy (non-hydrogen) atoms. The molecule has 0 aromatic carbocycles. The average Bonchev–Trinajstić information content (AvgIpc) is 2.98. The first-order chi connectivity index (χ1) is 10.2. The van der Waals surface area contributed by atoms with Gasteiger partial charge < -0.3 is 4.90 Å². The highest BCUT2D eigenvalue weighted by atomic mass is 32.3. The summed E-state index contributed by atoms with van der Waals surface area (Å²) in [5.74, 6) is -0.189. The molecule has 1 unspecified atom stereocenters. The van der Waals surface area contributed by atoms with Crippen LogP contribution < -0.4 is 0 Å². The molecule has 3 rings (SSSR count). The van der Waals surface area contributed by atoms with E-state index in [4.69, 9.17) is 4.55 Å². The predicted octanol–water partition coefficient (Wildman–Crippen LogP) is -0.219. The van der Waals surface area contributed by atoms with Gasteiger partial charge in [-0.25, -0.2) is 9.48 Å². The summed E-state index contributed by atoms with van der Waals surface area (Å²) in [6, 6.07) is 0.194. The molecule has 3 heterocycles. The summed E-state index contributed by atoms with van der Waals surface area (Å²) in [7, 11) is -4.79.